The van der Waals surface area contributed by atoms with Crippen LogP contribution in [0.5, 0.6) is 0 Å². The number of hydrogen-bond acceptors (Lipinski definition) is 3. The van der Waals surface area contributed by atoms with Gasteiger partial charge in [0, 0.05) is 50.7 Å². The van der Waals surface area contributed by atoms with Crippen LogP contribution in [-0.4, -0.2) is 4.98 Å². The number of fused-ring (bicyclic) bond motifs is 6. The second-order valence-corrected chi connectivity index (χ2v) is 12.3. The van der Waals surface area contributed by atoms with E-state index in [0.29, 0.717) is 33.6 Å². The minimum absolute atomic E-state index is 0.222. The lowest BCUT2D eigenvalue weighted by Gasteiger charge is -2.20. The van der Waals surface area contributed by atoms with Gasteiger partial charge in [0.1, 0.15) is 17.0 Å². The normalized spacial score (nSPS) is 13.6. The van der Waals surface area contributed by atoms with E-state index in [1.807, 2.05) is 57.2 Å². The van der Waals surface area contributed by atoms with Crippen LogP contribution in [0.4, 0.5) is 4.39 Å². The number of hydrogen-bond donors (Lipinski definition) is 0. The monoisotopic (exact) mass is 534 g/mol. The second kappa shape index (κ2) is 8.53. The van der Waals surface area contributed by atoms with Crippen LogP contribution in [0.1, 0.15) is 56.9 Å². The number of para-hydroxylation sites is 1. The van der Waals surface area contributed by atoms with Crippen LogP contribution in [0, 0.1) is 29.3 Å². The van der Waals surface area contributed by atoms with Crippen LogP contribution < -0.4 is 0 Å². The van der Waals surface area contributed by atoms with Gasteiger partial charge in [-0.3, -0.25) is 4.98 Å². The molecule has 0 spiro atoms. The summed E-state index contributed by atoms with van der Waals surface area (Å²) in [5.41, 5.74) is 9.54. The first kappa shape index (κ1) is 25.1. The highest BCUT2D eigenvalue weighted by atomic mass is 19.1. The van der Waals surface area contributed by atoms with Gasteiger partial charge in [-0.2, -0.15) is 5.26 Å². The molecule has 0 amide bonds. The summed E-state index contributed by atoms with van der Waals surface area (Å²) in [6.45, 7) is 10.3. The molecule has 7 rings (SSSR count). The predicted octanol–water partition coefficient (Wildman–Crippen LogP) is 9.53. The van der Waals surface area contributed by atoms with Crippen molar-refractivity contribution in [3.05, 3.63) is 113 Å². The summed E-state index contributed by atoms with van der Waals surface area (Å²) in [4.78, 5) is 4.62. The number of furan rings is 1. The van der Waals surface area contributed by atoms with Crippen molar-refractivity contribution in [1.82, 2.24) is 4.98 Å². The summed E-state index contributed by atoms with van der Waals surface area (Å²) >= 11 is 0. The van der Waals surface area contributed by atoms with E-state index < -0.39 is 0 Å². The molecule has 0 saturated carbocycles. The van der Waals surface area contributed by atoms with Gasteiger partial charge in [0.05, 0.1) is 17.3 Å². The smallest absolute Gasteiger partial charge is 0.144 e. The van der Waals surface area contributed by atoms with Gasteiger partial charge in [-0.15, -0.1) is 0 Å². The number of benzene rings is 3. The van der Waals surface area contributed by atoms with Crippen LogP contribution in [0.2, 0.25) is 0 Å². The minimum Gasteiger partial charge on any atom is -0.455 e. The molecule has 0 fully saturated rings. The molecule has 6 aromatic rings. The van der Waals surface area contributed by atoms with Gasteiger partial charge in [0.25, 0.3) is 0 Å². The van der Waals surface area contributed by atoms with Crippen molar-refractivity contribution in [1.29, 1.82) is 5.26 Å². The van der Waals surface area contributed by atoms with Crippen molar-refractivity contribution in [3.8, 4) is 39.6 Å². The Bertz CT molecular complexity index is 2090. The molecule has 0 aliphatic heterocycles. The molecule has 4 aromatic carbocycles. The Hall–Kier alpha value is -4.93. The van der Waals surface area contributed by atoms with E-state index in [9.17, 15) is 5.26 Å². The lowest BCUT2D eigenvalue weighted by molar-refractivity contribution is 0.520. The maximum absolute atomic E-state index is 15.2. The molecule has 198 valence electrons. The SMILES string of the molecule is CC(C)(C)c1cnc(-c2cccc3c2oc2c(-c4ccc5c(c4)C(C)(C)c4c#cccc4-5)ccc(C#N)c23)cc1F. The largest absolute Gasteiger partial charge is 0.455 e. The van der Waals surface area contributed by atoms with Crippen LogP contribution in [0.15, 0.2) is 77.3 Å². The average Bonchev–Trinajstić information content (AvgIpc) is 3.45. The molecule has 1 aliphatic carbocycles. The zero-order valence-corrected chi connectivity index (χ0v) is 23.6. The molecule has 0 atom stereocenters. The van der Waals surface area contributed by atoms with E-state index >= 15 is 4.39 Å². The zero-order valence-electron chi connectivity index (χ0n) is 23.6. The highest BCUT2D eigenvalue weighted by Gasteiger charge is 2.36. The number of nitriles is 1. The Labute approximate surface area is 238 Å². The first-order chi connectivity index (χ1) is 19.6. The van der Waals surface area contributed by atoms with Crippen LogP contribution in [-0.2, 0) is 10.8 Å². The highest BCUT2D eigenvalue weighted by molar-refractivity contribution is 6.15. The lowest BCUT2D eigenvalue weighted by atomic mass is 9.82. The molecular formula is C37H27FN2O. The number of rotatable bonds is 2. The fraction of sp³-hybridized carbons (Fsp3) is 0.189. The van der Waals surface area contributed by atoms with Gasteiger partial charge in [0.2, 0.25) is 0 Å². The summed E-state index contributed by atoms with van der Waals surface area (Å²) in [6.07, 6.45) is 1.61. The van der Waals surface area contributed by atoms with Crippen LogP contribution >= 0.6 is 0 Å². The number of pyridine rings is 1. The summed E-state index contributed by atoms with van der Waals surface area (Å²) in [7, 11) is 0. The molecule has 2 heterocycles. The van der Waals surface area contributed by atoms with Gasteiger partial charge in [-0.05, 0) is 64.1 Å². The summed E-state index contributed by atoms with van der Waals surface area (Å²) in [6, 6.07) is 30.3. The second-order valence-electron chi connectivity index (χ2n) is 12.3. The molecule has 3 nitrogen and oxygen atoms in total. The van der Waals surface area contributed by atoms with E-state index in [4.69, 9.17) is 4.42 Å². The lowest BCUT2D eigenvalue weighted by Crippen LogP contribution is -2.14. The van der Waals surface area contributed by atoms with E-state index in [2.05, 4.69) is 61.3 Å². The first-order valence-corrected chi connectivity index (χ1v) is 13.7. The van der Waals surface area contributed by atoms with Crippen LogP contribution in [0.25, 0.3) is 55.4 Å². The highest BCUT2D eigenvalue weighted by Crippen LogP contribution is 2.49. The van der Waals surface area contributed by atoms with Crippen molar-refractivity contribution in [2.24, 2.45) is 0 Å². The average molecular weight is 535 g/mol. The Balaban J connectivity index is 1.45. The van der Waals surface area contributed by atoms with Gasteiger partial charge in [-0.1, -0.05) is 71.0 Å². The topological polar surface area (TPSA) is 49.8 Å². The molecule has 0 unspecified atom stereocenters. The third-order valence-electron chi connectivity index (χ3n) is 8.42. The Morgan fingerprint density at radius 2 is 1.73 bits per heavy atom. The molecule has 0 saturated heterocycles. The molecule has 4 heteroatoms. The van der Waals surface area contributed by atoms with Crippen LogP contribution in [0.3, 0.4) is 0 Å². The van der Waals surface area contributed by atoms with Crippen molar-refractivity contribution in [2.75, 3.05) is 0 Å². The number of nitrogens with zero attached hydrogens (tertiary/aromatic N) is 2. The molecule has 0 bridgehead atoms. The Morgan fingerprint density at radius 3 is 2.49 bits per heavy atom. The third-order valence-corrected chi connectivity index (χ3v) is 8.42. The Kier molecular flexibility index (Phi) is 5.22. The van der Waals surface area contributed by atoms with E-state index in [-0.39, 0.29) is 16.6 Å². The minimum atomic E-state index is -0.361. The first-order valence-electron chi connectivity index (χ1n) is 13.7. The maximum atomic E-state index is 15.2. The zero-order chi connectivity index (χ0) is 28.7. The fourth-order valence-electron chi connectivity index (χ4n) is 6.26. The van der Waals surface area contributed by atoms with Crippen molar-refractivity contribution in [3.63, 3.8) is 0 Å². The van der Waals surface area contributed by atoms with Crippen molar-refractivity contribution in [2.45, 2.75) is 45.4 Å². The van der Waals surface area contributed by atoms with Crippen molar-refractivity contribution >= 4 is 21.9 Å². The van der Waals surface area contributed by atoms with Gasteiger partial charge in [-0.25, -0.2) is 4.39 Å². The standard InChI is InChI=1S/C37H27FN2O/c1-36(2,3)30-20-40-32(18-31(30)38)26-10-8-11-27-33-22(19-39)14-15-23(35(33)41-34(26)27)21-13-16-25-24-9-6-7-12-28(24)37(4,5)29(25)17-21/h6,8-11,13-18,20H,1-5H3. The van der Waals surface area contributed by atoms with Gasteiger partial charge in [0.15, 0.2) is 0 Å². The number of aromatic nitrogens is 1. The van der Waals surface area contributed by atoms with E-state index in [1.165, 1.54) is 22.8 Å². The molecule has 0 radical (unpaired) electrons. The quantitative estimate of drug-likeness (QED) is 0.222. The van der Waals surface area contributed by atoms with Crippen molar-refractivity contribution < 1.29 is 8.81 Å². The molecule has 41 heavy (non-hydrogen) atoms. The molecular weight excluding hydrogens is 507 g/mol. The summed E-state index contributed by atoms with van der Waals surface area (Å²) in [5.74, 6) is -0.300. The van der Waals surface area contributed by atoms with E-state index in [0.717, 1.165) is 27.5 Å². The van der Waals surface area contributed by atoms with Gasteiger partial charge < -0.3 is 4.42 Å². The van der Waals surface area contributed by atoms with Gasteiger partial charge >= 0.3 is 0 Å². The summed E-state index contributed by atoms with van der Waals surface area (Å²) < 4.78 is 21.8. The molecule has 0 N–H and O–H groups in total. The summed E-state index contributed by atoms with van der Waals surface area (Å²) in [5, 5.41) is 11.6. The maximum Gasteiger partial charge on any atom is 0.144 e. The predicted molar refractivity (Wildman–Crippen MR) is 161 cm³/mol. The fourth-order valence-corrected chi connectivity index (χ4v) is 6.26. The number of halogens is 1. The Morgan fingerprint density at radius 1 is 0.927 bits per heavy atom. The third kappa shape index (κ3) is 3.61. The molecule has 2 aromatic heterocycles. The van der Waals surface area contributed by atoms with E-state index in [1.54, 1.807) is 6.20 Å². The molecule has 1 aliphatic rings.